The first-order valence-corrected chi connectivity index (χ1v) is 10.3. The normalized spacial score (nSPS) is 20.6. The van der Waals surface area contributed by atoms with Crippen LogP contribution >= 0.6 is 43.6 Å². The first-order valence-electron chi connectivity index (χ1n) is 6.31. The summed E-state index contributed by atoms with van der Waals surface area (Å²) >= 11 is 8.52. The SMILES string of the molecule is CC1(C)CCN(S(=O)(=O)c2cc(Br)ccc2Br)CCS1. The van der Waals surface area contributed by atoms with Gasteiger partial charge in [0.05, 0.1) is 4.90 Å². The van der Waals surface area contributed by atoms with Gasteiger partial charge in [-0.1, -0.05) is 29.8 Å². The lowest BCUT2D eigenvalue weighted by molar-refractivity contribution is 0.415. The second-order valence-corrected chi connectivity index (χ2v) is 10.8. The lowest BCUT2D eigenvalue weighted by atomic mass is 10.1. The Kier molecular flexibility index (Phi) is 5.28. The van der Waals surface area contributed by atoms with E-state index in [2.05, 4.69) is 45.7 Å². The molecule has 0 amide bonds. The van der Waals surface area contributed by atoms with Gasteiger partial charge in [-0.2, -0.15) is 16.1 Å². The highest BCUT2D eigenvalue weighted by molar-refractivity contribution is 9.11. The molecule has 1 heterocycles. The molecular weight excluding hydrogens is 426 g/mol. The maximum atomic E-state index is 12.8. The van der Waals surface area contributed by atoms with E-state index >= 15 is 0 Å². The van der Waals surface area contributed by atoms with Crippen LogP contribution in [-0.2, 0) is 10.0 Å². The van der Waals surface area contributed by atoms with E-state index in [4.69, 9.17) is 0 Å². The van der Waals surface area contributed by atoms with Gasteiger partial charge in [-0.3, -0.25) is 0 Å². The molecule has 1 aliphatic rings. The molecule has 0 bridgehead atoms. The summed E-state index contributed by atoms with van der Waals surface area (Å²) in [6.45, 7) is 5.47. The Balaban J connectivity index is 2.33. The first-order chi connectivity index (χ1) is 9.22. The van der Waals surface area contributed by atoms with E-state index in [1.54, 1.807) is 16.4 Å². The molecular formula is C13H17Br2NO2S2. The van der Waals surface area contributed by atoms with Crippen molar-refractivity contribution in [2.45, 2.75) is 29.9 Å². The molecule has 0 unspecified atom stereocenters. The molecule has 2 rings (SSSR count). The molecule has 1 fully saturated rings. The maximum Gasteiger partial charge on any atom is 0.244 e. The van der Waals surface area contributed by atoms with Crippen LogP contribution in [0.15, 0.2) is 32.0 Å². The highest BCUT2D eigenvalue weighted by atomic mass is 79.9. The Hall–Kier alpha value is 0.440. The number of rotatable bonds is 2. The van der Waals surface area contributed by atoms with Gasteiger partial charge in [-0.05, 0) is 40.5 Å². The molecule has 0 N–H and O–H groups in total. The third kappa shape index (κ3) is 3.80. The molecule has 112 valence electrons. The Morgan fingerprint density at radius 2 is 1.95 bits per heavy atom. The molecule has 1 saturated heterocycles. The van der Waals surface area contributed by atoms with Crippen LogP contribution in [0.1, 0.15) is 20.3 Å². The number of hydrogen-bond donors (Lipinski definition) is 0. The van der Waals surface area contributed by atoms with Crippen molar-refractivity contribution in [2.24, 2.45) is 0 Å². The minimum absolute atomic E-state index is 0.138. The van der Waals surface area contributed by atoms with Crippen LogP contribution in [0.25, 0.3) is 0 Å². The highest BCUT2D eigenvalue weighted by Gasteiger charge is 2.31. The van der Waals surface area contributed by atoms with Crippen LogP contribution in [0.5, 0.6) is 0 Å². The summed E-state index contributed by atoms with van der Waals surface area (Å²) in [5.41, 5.74) is 0. The van der Waals surface area contributed by atoms with Crippen LogP contribution in [0, 0.1) is 0 Å². The Labute approximate surface area is 141 Å². The number of sulfonamides is 1. The monoisotopic (exact) mass is 441 g/mol. The fourth-order valence-electron chi connectivity index (χ4n) is 2.06. The first kappa shape index (κ1) is 16.8. The van der Waals surface area contributed by atoms with E-state index in [1.165, 1.54) is 0 Å². The van der Waals surface area contributed by atoms with Crippen LogP contribution < -0.4 is 0 Å². The number of benzene rings is 1. The standard InChI is InChI=1S/C13H17Br2NO2S2/c1-13(2)5-6-16(7-8-19-13)20(17,18)12-9-10(14)3-4-11(12)15/h3-4,9H,5-8H2,1-2H3. The van der Waals surface area contributed by atoms with Gasteiger partial charge in [0.1, 0.15) is 0 Å². The Morgan fingerprint density at radius 3 is 2.65 bits per heavy atom. The lowest BCUT2D eigenvalue weighted by Gasteiger charge is -2.23. The van der Waals surface area contributed by atoms with Gasteiger partial charge in [-0.15, -0.1) is 0 Å². The van der Waals surface area contributed by atoms with Gasteiger partial charge < -0.3 is 0 Å². The predicted molar refractivity (Wildman–Crippen MR) is 91.8 cm³/mol. The minimum Gasteiger partial charge on any atom is -0.207 e. The average molecular weight is 443 g/mol. The van der Waals surface area contributed by atoms with Gasteiger partial charge in [-0.25, -0.2) is 8.42 Å². The minimum atomic E-state index is -3.45. The topological polar surface area (TPSA) is 37.4 Å². The number of nitrogens with zero attached hydrogens (tertiary/aromatic N) is 1. The third-order valence-corrected chi connectivity index (χ3v) is 8.07. The molecule has 7 heteroatoms. The van der Waals surface area contributed by atoms with Crippen molar-refractivity contribution in [3.63, 3.8) is 0 Å². The number of thioether (sulfide) groups is 1. The van der Waals surface area contributed by atoms with E-state index in [1.807, 2.05) is 17.8 Å². The van der Waals surface area contributed by atoms with Gasteiger partial charge in [0, 0.05) is 32.5 Å². The van der Waals surface area contributed by atoms with Gasteiger partial charge in [0.25, 0.3) is 0 Å². The van der Waals surface area contributed by atoms with Crippen molar-refractivity contribution < 1.29 is 8.42 Å². The zero-order valence-electron chi connectivity index (χ0n) is 11.4. The molecule has 0 atom stereocenters. The van der Waals surface area contributed by atoms with Gasteiger partial charge in [0.2, 0.25) is 10.0 Å². The summed E-state index contributed by atoms with van der Waals surface area (Å²) in [4.78, 5) is 0.330. The Morgan fingerprint density at radius 1 is 1.25 bits per heavy atom. The molecule has 20 heavy (non-hydrogen) atoms. The van der Waals surface area contributed by atoms with Crippen molar-refractivity contribution in [3.8, 4) is 0 Å². The van der Waals surface area contributed by atoms with Crippen LogP contribution in [0.3, 0.4) is 0 Å². The molecule has 1 aliphatic heterocycles. The second-order valence-electron chi connectivity index (χ2n) is 5.34. The van der Waals surface area contributed by atoms with E-state index in [0.717, 1.165) is 16.6 Å². The highest BCUT2D eigenvalue weighted by Crippen LogP contribution is 2.34. The molecule has 0 radical (unpaired) electrons. The third-order valence-electron chi connectivity index (χ3n) is 3.31. The van der Waals surface area contributed by atoms with Crippen molar-refractivity contribution in [2.75, 3.05) is 18.8 Å². The fourth-order valence-corrected chi connectivity index (χ4v) is 6.18. The summed E-state index contributed by atoms with van der Waals surface area (Å²) in [7, 11) is -3.45. The zero-order chi connectivity index (χ0) is 15.0. The molecule has 1 aromatic carbocycles. The fraction of sp³-hybridized carbons (Fsp3) is 0.538. The molecule has 0 spiro atoms. The van der Waals surface area contributed by atoms with Crippen LogP contribution in [-0.4, -0.2) is 36.3 Å². The van der Waals surface area contributed by atoms with Crippen molar-refractivity contribution in [1.29, 1.82) is 0 Å². The van der Waals surface area contributed by atoms with Crippen molar-refractivity contribution in [3.05, 3.63) is 27.1 Å². The van der Waals surface area contributed by atoms with E-state index in [9.17, 15) is 8.42 Å². The predicted octanol–water partition coefficient (Wildman–Crippen LogP) is 4.12. The molecule has 3 nitrogen and oxygen atoms in total. The smallest absolute Gasteiger partial charge is 0.207 e. The average Bonchev–Trinajstić information content (AvgIpc) is 2.53. The number of halogens is 2. The summed E-state index contributed by atoms with van der Waals surface area (Å²) in [6, 6.07) is 5.24. The van der Waals surface area contributed by atoms with Gasteiger partial charge in [0.15, 0.2) is 0 Å². The van der Waals surface area contributed by atoms with Gasteiger partial charge >= 0.3 is 0 Å². The summed E-state index contributed by atoms with van der Waals surface area (Å²) in [6.07, 6.45) is 0.864. The quantitative estimate of drug-likeness (QED) is 0.691. The van der Waals surface area contributed by atoms with Crippen molar-refractivity contribution >= 4 is 53.6 Å². The summed E-state index contributed by atoms with van der Waals surface area (Å²) in [5.74, 6) is 0.831. The Bertz CT molecular complexity index is 602. The van der Waals surface area contributed by atoms with E-state index in [0.29, 0.717) is 22.5 Å². The molecule has 0 saturated carbocycles. The molecule has 0 aliphatic carbocycles. The summed E-state index contributed by atoms with van der Waals surface area (Å²) in [5, 5.41) is 0. The zero-order valence-corrected chi connectivity index (χ0v) is 16.2. The maximum absolute atomic E-state index is 12.8. The molecule has 1 aromatic rings. The van der Waals surface area contributed by atoms with Crippen LogP contribution in [0.2, 0.25) is 0 Å². The number of hydrogen-bond acceptors (Lipinski definition) is 3. The lowest BCUT2D eigenvalue weighted by Crippen LogP contribution is -2.33. The summed E-state index contributed by atoms with van der Waals surface area (Å²) < 4.78 is 28.7. The largest absolute Gasteiger partial charge is 0.244 e. The second kappa shape index (κ2) is 6.28. The van der Waals surface area contributed by atoms with Crippen molar-refractivity contribution in [1.82, 2.24) is 4.31 Å². The van der Waals surface area contributed by atoms with E-state index in [-0.39, 0.29) is 4.75 Å². The van der Waals surface area contributed by atoms with E-state index < -0.39 is 10.0 Å². The van der Waals surface area contributed by atoms with Crippen LogP contribution in [0.4, 0.5) is 0 Å². The molecule has 0 aromatic heterocycles.